The molecule has 4 aromatic heterocycles. The van der Waals surface area contributed by atoms with Crippen molar-refractivity contribution in [3.63, 3.8) is 0 Å². The summed E-state index contributed by atoms with van der Waals surface area (Å²) < 4.78 is 40.1. The number of rotatable bonds is 3. The van der Waals surface area contributed by atoms with Gasteiger partial charge < -0.3 is 9.80 Å². The lowest BCUT2D eigenvalue weighted by Gasteiger charge is -2.26. The van der Waals surface area contributed by atoms with Gasteiger partial charge in [0.15, 0.2) is 17.0 Å². The maximum absolute atomic E-state index is 13.7. The molecule has 0 aliphatic carbocycles. The molecule has 35 heavy (non-hydrogen) atoms. The molecule has 0 bridgehead atoms. The summed E-state index contributed by atoms with van der Waals surface area (Å²) in [5.74, 6) is 0.0783. The van der Waals surface area contributed by atoms with Gasteiger partial charge >= 0.3 is 6.18 Å². The van der Waals surface area contributed by atoms with Gasteiger partial charge in [0.2, 0.25) is 0 Å². The number of hydrogen-bond donors (Lipinski definition) is 0. The number of nitrogens with zero attached hydrogens (tertiary/aromatic N) is 8. The number of pyridine rings is 1. The van der Waals surface area contributed by atoms with Crippen LogP contribution in [-0.4, -0.2) is 66.0 Å². The molecule has 1 aliphatic heterocycles. The van der Waals surface area contributed by atoms with E-state index in [-0.39, 0.29) is 17.6 Å². The number of anilines is 1. The summed E-state index contributed by atoms with van der Waals surface area (Å²) in [6.45, 7) is 3.19. The highest BCUT2D eigenvalue weighted by Gasteiger charge is 2.34. The third-order valence-electron chi connectivity index (χ3n) is 5.99. The van der Waals surface area contributed by atoms with Crippen molar-refractivity contribution in [3.05, 3.63) is 66.6 Å². The van der Waals surface area contributed by atoms with Crippen molar-refractivity contribution < 1.29 is 18.0 Å². The summed E-state index contributed by atoms with van der Waals surface area (Å²) in [5.41, 5.74) is 0.881. The summed E-state index contributed by atoms with van der Waals surface area (Å²) in [7, 11) is 0. The molecule has 0 saturated carbocycles. The molecule has 5 heterocycles. The number of fused-ring (bicyclic) bond motifs is 1. The average molecular weight is 482 g/mol. The summed E-state index contributed by atoms with van der Waals surface area (Å²) in [6, 6.07) is 7.03. The van der Waals surface area contributed by atoms with Crippen LogP contribution in [-0.2, 0) is 6.18 Å². The van der Waals surface area contributed by atoms with Crippen LogP contribution in [0.15, 0.2) is 55.2 Å². The zero-order valence-electron chi connectivity index (χ0n) is 18.7. The molecule has 0 spiro atoms. The van der Waals surface area contributed by atoms with Crippen molar-refractivity contribution in [2.24, 2.45) is 0 Å². The summed E-state index contributed by atoms with van der Waals surface area (Å²) in [6.07, 6.45) is 2.91. The number of carbonyl (C=O) groups excluding carboxylic acids is 1. The van der Waals surface area contributed by atoms with Crippen LogP contribution in [0.5, 0.6) is 0 Å². The van der Waals surface area contributed by atoms with Crippen LogP contribution in [0.2, 0.25) is 0 Å². The zero-order chi connectivity index (χ0) is 24.6. The summed E-state index contributed by atoms with van der Waals surface area (Å²) in [5, 5.41) is 4.52. The van der Waals surface area contributed by atoms with Gasteiger partial charge in [-0.05, 0) is 31.5 Å². The summed E-state index contributed by atoms with van der Waals surface area (Å²) in [4.78, 5) is 33.6. The van der Waals surface area contributed by atoms with E-state index in [2.05, 4.69) is 25.0 Å². The summed E-state index contributed by atoms with van der Waals surface area (Å²) >= 11 is 0. The molecule has 5 rings (SSSR count). The van der Waals surface area contributed by atoms with Crippen LogP contribution in [0.3, 0.4) is 0 Å². The maximum Gasteiger partial charge on any atom is 0.434 e. The molecule has 0 radical (unpaired) electrons. The van der Waals surface area contributed by atoms with Gasteiger partial charge in [0, 0.05) is 44.3 Å². The highest BCUT2D eigenvalue weighted by atomic mass is 19.4. The van der Waals surface area contributed by atoms with Crippen LogP contribution in [0.1, 0.15) is 29.5 Å². The van der Waals surface area contributed by atoms with E-state index >= 15 is 0 Å². The van der Waals surface area contributed by atoms with Crippen molar-refractivity contribution in [2.75, 3.05) is 24.5 Å². The normalized spacial score (nSPS) is 17.0. The molecule has 12 heteroatoms. The number of amides is 1. The van der Waals surface area contributed by atoms with Gasteiger partial charge in [-0.2, -0.15) is 18.3 Å². The molecule has 1 amide bonds. The van der Waals surface area contributed by atoms with Crippen molar-refractivity contribution in [1.82, 2.24) is 34.4 Å². The Bertz CT molecular complexity index is 1340. The monoisotopic (exact) mass is 482 g/mol. The topological polar surface area (TPSA) is 92.4 Å². The van der Waals surface area contributed by atoms with Crippen LogP contribution >= 0.6 is 0 Å². The van der Waals surface area contributed by atoms with Crippen molar-refractivity contribution in [3.8, 4) is 11.3 Å². The quantitative estimate of drug-likeness (QED) is 0.442. The lowest BCUT2D eigenvalue weighted by atomic mass is 10.1. The van der Waals surface area contributed by atoms with Crippen LogP contribution in [0, 0.1) is 0 Å². The molecule has 1 saturated heterocycles. The number of aromatic nitrogens is 6. The Morgan fingerprint density at radius 3 is 2.54 bits per heavy atom. The van der Waals surface area contributed by atoms with E-state index < -0.39 is 11.9 Å². The Balaban J connectivity index is 1.43. The van der Waals surface area contributed by atoms with Crippen molar-refractivity contribution in [2.45, 2.75) is 25.6 Å². The number of hydrogen-bond acceptors (Lipinski definition) is 7. The molecule has 9 nitrogen and oxygen atoms in total. The van der Waals surface area contributed by atoms with E-state index in [1.807, 2.05) is 17.9 Å². The third-order valence-corrected chi connectivity index (χ3v) is 5.99. The van der Waals surface area contributed by atoms with Gasteiger partial charge in [-0.1, -0.05) is 6.07 Å². The smallest absolute Gasteiger partial charge is 0.353 e. The van der Waals surface area contributed by atoms with Crippen LogP contribution in [0.25, 0.3) is 16.9 Å². The number of alkyl halides is 3. The molecular formula is C23H21F3N8O. The van der Waals surface area contributed by atoms with Gasteiger partial charge in [-0.25, -0.2) is 19.5 Å². The lowest BCUT2D eigenvalue weighted by molar-refractivity contribution is -0.141. The lowest BCUT2D eigenvalue weighted by Crippen LogP contribution is -2.40. The fourth-order valence-corrected chi connectivity index (χ4v) is 4.14. The predicted molar refractivity (Wildman–Crippen MR) is 121 cm³/mol. The van der Waals surface area contributed by atoms with Gasteiger partial charge in [0.1, 0.15) is 5.82 Å². The van der Waals surface area contributed by atoms with E-state index in [4.69, 9.17) is 0 Å². The first-order chi connectivity index (χ1) is 16.8. The van der Waals surface area contributed by atoms with Gasteiger partial charge in [-0.15, -0.1) is 0 Å². The molecule has 180 valence electrons. The minimum atomic E-state index is -4.55. The molecule has 0 N–H and O–H groups in total. The van der Waals surface area contributed by atoms with E-state index in [1.54, 1.807) is 46.2 Å². The van der Waals surface area contributed by atoms with E-state index in [1.165, 1.54) is 0 Å². The second-order valence-electron chi connectivity index (χ2n) is 8.21. The first kappa shape index (κ1) is 22.7. The Labute approximate surface area is 198 Å². The molecule has 1 fully saturated rings. The highest BCUT2D eigenvalue weighted by Crippen LogP contribution is 2.29. The first-order valence-corrected chi connectivity index (χ1v) is 11.0. The Morgan fingerprint density at radius 1 is 1.00 bits per heavy atom. The molecular weight excluding hydrogens is 461 g/mol. The molecule has 1 aliphatic rings. The van der Waals surface area contributed by atoms with E-state index in [0.717, 1.165) is 12.4 Å². The highest BCUT2D eigenvalue weighted by molar-refractivity contribution is 6.02. The average Bonchev–Trinajstić information content (AvgIpc) is 3.14. The third kappa shape index (κ3) is 4.38. The van der Waals surface area contributed by atoms with Gasteiger partial charge in [-0.3, -0.25) is 9.78 Å². The molecule has 0 aromatic carbocycles. The predicted octanol–water partition coefficient (Wildman–Crippen LogP) is 3.34. The largest absolute Gasteiger partial charge is 0.434 e. The van der Waals surface area contributed by atoms with Crippen molar-refractivity contribution >= 4 is 17.4 Å². The minimum Gasteiger partial charge on any atom is -0.353 e. The Kier molecular flexibility index (Phi) is 5.79. The fourth-order valence-electron chi connectivity index (χ4n) is 4.14. The first-order valence-electron chi connectivity index (χ1n) is 11.0. The molecule has 0 unspecified atom stereocenters. The van der Waals surface area contributed by atoms with Gasteiger partial charge in [0.05, 0.1) is 23.7 Å². The second kappa shape index (κ2) is 8.93. The Morgan fingerprint density at radius 2 is 1.83 bits per heavy atom. The minimum absolute atomic E-state index is 0.135. The molecule has 1 atom stereocenters. The van der Waals surface area contributed by atoms with E-state index in [0.29, 0.717) is 48.8 Å². The number of halogens is 3. The standard InChI is InChI=1S/C23H21F3N8O/c1-15-6-10-32(18-14-29-17(13-30-18)23(24,25)26)11-12-33(15)22(35)20-19(16-5-2-3-7-27-16)21-28-8-4-9-34(21)31-20/h2-5,7-9,13-15H,6,10-12H2,1H3/t15-/m1/s1. The second-order valence-corrected chi connectivity index (χ2v) is 8.21. The van der Waals surface area contributed by atoms with E-state index in [9.17, 15) is 18.0 Å². The van der Waals surface area contributed by atoms with Crippen molar-refractivity contribution in [1.29, 1.82) is 0 Å². The zero-order valence-corrected chi connectivity index (χ0v) is 18.7. The van der Waals surface area contributed by atoms with Gasteiger partial charge in [0.25, 0.3) is 5.91 Å². The fraction of sp³-hybridized carbons (Fsp3) is 0.304. The van der Waals surface area contributed by atoms with Crippen LogP contribution < -0.4 is 4.90 Å². The van der Waals surface area contributed by atoms with Crippen LogP contribution in [0.4, 0.5) is 19.0 Å². The Hall–Kier alpha value is -4.09. The maximum atomic E-state index is 13.7. The number of carbonyl (C=O) groups is 1. The molecule has 4 aromatic rings. The SMILES string of the molecule is C[C@@H]1CCN(c2cnc(C(F)(F)F)cn2)CCN1C(=O)c1nn2cccnc2c1-c1ccccn1.